The van der Waals surface area contributed by atoms with E-state index in [2.05, 4.69) is 15.1 Å². The second-order valence-corrected chi connectivity index (χ2v) is 4.13. The van der Waals surface area contributed by atoms with Gasteiger partial charge in [0.2, 0.25) is 0 Å². The van der Waals surface area contributed by atoms with Crippen molar-refractivity contribution in [2.24, 2.45) is 7.05 Å². The molecule has 0 aliphatic carbocycles. The predicted molar refractivity (Wildman–Crippen MR) is 62.6 cm³/mol. The van der Waals surface area contributed by atoms with Crippen molar-refractivity contribution in [1.82, 2.24) is 24.3 Å². The minimum absolute atomic E-state index is 0.459. The van der Waals surface area contributed by atoms with Gasteiger partial charge >= 0.3 is 0 Å². The van der Waals surface area contributed by atoms with Crippen LogP contribution in [0.2, 0.25) is 5.15 Å². The van der Waals surface area contributed by atoms with Gasteiger partial charge in [-0.1, -0.05) is 18.5 Å². The number of aliphatic hydroxyl groups is 1. The third-order valence-electron chi connectivity index (χ3n) is 2.54. The van der Waals surface area contributed by atoms with E-state index in [-0.39, 0.29) is 0 Å². The first-order valence-corrected chi connectivity index (χ1v) is 5.75. The summed E-state index contributed by atoms with van der Waals surface area (Å²) in [5.74, 6) is 0.942. The fourth-order valence-electron chi connectivity index (χ4n) is 1.64. The van der Waals surface area contributed by atoms with Crippen LogP contribution in [0, 0.1) is 0 Å². The van der Waals surface area contributed by atoms with Crippen molar-refractivity contribution in [3.63, 3.8) is 0 Å². The highest BCUT2D eigenvalue weighted by molar-refractivity contribution is 6.29. The summed E-state index contributed by atoms with van der Waals surface area (Å²) in [7, 11) is 1.74. The molecule has 0 amide bonds. The van der Waals surface area contributed by atoms with E-state index in [9.17, 15) is 5.11 Å². The molecule has 1 unspecified atom stereocenters. The van der Waals surface area contributed by atoms with Crippen molar-refractivity contribution in [2.75, 3.05) is 0 Å². The number of hydrogen-bond donors (Lipinski definition) is 1. The normalized spacial score (nSPS) is 12.9. The Kier molecular flexibility index (Phi) is 3.44. The van der Waals surface area contributed by atoms with Crippen LogP contribution in [0.1, 0.15) is 31.1 Å². The molecule has 2 heterocycles. The molecule has 2 rings (SSSR count). The maximum Gasteiger partial charge on any atom is 0.171 e. The fraction of sp³-hybridized carbons (Fsp3) is 0.500. The van der Waals surface area contributed by atoms with E-state index in [0.29, 0.717) is 23.3 Å². The van der Waals surface area contributed by atoms with Gasteiger partial charge in [0.05, 0.1) is 6.20 Å². The number of imidazole rings is 1. The summed E-state index contributed by atoms with van der Waals surface area (Å²) in [6, 6.07) is 0. The van der Waals surface area contributed by atoms with Crippen molar-refractivity contribution < 1.29 is 5.11 Å². The van der Waals surface area contributed by atoms with Crippen LogP contribution in [0.5, 0.6) is 0 Å². The largest absolute Gasteiger partial charge is 0.377 e. The fourth-order valence-corrected chi connectivity index (χ4v) is 1.78. The van der Waals surface area contributed by atoms with Crippen LogP contribution in [0.15, 0.2) is 12.5 Å². The Labute approximate surface area is 104 Å². The third-order valence-corrected chi connectivity index (χ3v) is 2.89. The molecule has 1 N–H and O–H groups in total. The molecule has 17 heavy (non-hydrogen) atoms. The maximum absolute atomic E-state index is 10.2. The van der Waals surface area contributed by atoms with Gasteiger partial charge in [-0.25, -0.2) is 14.6 Å². The molecular formula is C10H14ClN5O. The van der Waals surface area contributed by atoms with Gasteiger partial charge in [0.25, 0.3) is 0 Å². The lowest BCUT2D eigenvalue weighted by Crippen LogP contribution is -2.14. The summed E-state index contributed by atoms with van der Waals surface area (Å²) >= 11 is 5.88. The number of nitrogens with zero attached hydrogens (tertiary/aromatic N) is 5. The van der Waals surface area contributed by atoms with Gasteiger partial charge in [0.1, 0.15) is 17.3 Å². The molecule has 0 fully saturated rings. The van der Waals surface area contributed by atoms with E-state index < -0.39 is 6.10 Å². The molecule has 2 aromatic rings. The van der Waals surface area contributed by atoms with E-state index in [1.165, 1.54) is 12.5 Å². The van der Waals surface area contributed by atoms with Gasteiger partial charge in [-0.3, -0.25) is 0 Å². The van der Waals surface area contributed by atoms with E-state index >= 15 is 0 Å². The molecule has 7 heteroatoms. The van der Waals surface area contributed by atoms with Crippen LogP contribution >= 0.6 is 11.6 Å². The Morgan fingerprint density at radius 3 is 2.76 bits per heavy atom. The predicted octanol–water partition coefficient (Wildman–Crippen LogP) is 1.16. The molecule has 1 atom stereocenters. The van der Waals surface area contributed by atoms with Crippen molar-refractivity contribution in [3.8, 4) is 0 Å². The van der Waals surface area contributed by atoms with E-state index in [0.717, 1.165) is 6.42 Å². The molecule has 0 bridgehead atoms. The van der Waals surface area contributed by atoms with Crippen molar-refractivity contribution in [1.29, 1.82) is 0 Å². The second-order valence-electron chi connectivity index (χ2n) is 3.74. The summed E-state index contributed by atoms with van der Waals surface area (Å²) < 4.78 is 3.30. The zero-order valence-corrected chi connectivity index (χ0v) is 10.5. The Hall–Kier alpha value is -1.40. The first-order chi connectivity index (χ1) is 8.15. The SMILES string of the molecule is CCCn1ncnc1C(O)c1ncc(Cl)n1C. The standard InChI is InChI=1S/C10H14ClN5O/c1-3-4-16-10(13-6-14-16)8(17)9-12-5-7(11)15(9)2/h5-6,8,17H,3-4H2,1-2H3. The zero-order chi connectivity index (χ0) is 12.4. The quantitative estimate of drug-likeness (QED) is 0.890. The van der Waals surface area contributed by atoms with Gasteiger partial charge < -0.3 is 9.67 Å². The van der Waals surface area contributed by atoms with Crippen LogP contribution in [0.25, 0.3) is 0 Å². The minimum Gasteiger partial charge on any atom is -0.377 e. The summed E-state index contributed by atoms with van der Waals surface area (Å²) in [5, 5.41) is 14.8. The van der Waals surface area contributed by atoms with Crippen LogP contribution in [0.4, 0.5) is 0 Å². The lowest BCUT2D eigenvalue weighted by molar-refractivity contribution is 0.189. The maximum atomic E-state index is 10.2. The van der Waals surface area contributed by atoms with Gasteiger partial charge in [-0.15, -0.1) is 0 Å². The van der Waals surface area contributed by atoms with Gasteiger partial charge in [-0.2, -0.15) is 5.10 Å². The highest BCUT2D eigenvalue weighted by Gasteiger charge is 2.21. The number of aromatic nitrogens is 5. The number of halogens is 1. The monoisotopic (exact) mass is 255 g/mol. The average molecular weight is 256 g/mol. The molecule has 0 aromatic carbocycles. The number of rotatable bonds is 4. The Morgan fingerprint density at radius 2 is 2.18 bits per heavy atom. The van der Waals surface area contributed by atoms with Gasteiger partial charge in [0.15, 0.2) is 11.9 Å². The third kappa shape index (κ3) is 2.18. The van der Waals surface area contributed by atoms with Crippen LogP contribution in [-0.4, -0.2) is 29.4 Å². The van der Waals surface area contributed by atoms with Crippen LogP contribution in [-0.2, 0) is 13.6 Å². The summed E-state index contributed by atoms with van der Waals surface area (Å²) in [5.41, 5.74) is 0. The van der Waals surface area contributed by atoms with E-state index in [1.54, 1.807) is 16.3 Å². The smallest absolute Gasteiger partial charge is 0.171 e. The molecule has 92 valence electrons. The number of hydrogen-bond acceptors (Lipinski definition) is 4. The zero-order valence-electron chi connectivity index (χ0n) is 9.71. The average Bonchev–Trinajstić information content (AvgIpc) is 2.88. The van der Waals surface area contributed by atoms with E-state index in [4.69, 9.17) is 11.6 Å². The summed E-state index contributed by atoms with van der Waals surface area (Å²) in [6.07, 6.45) is 2.94. The minimum atomic E-state index is -0.915. The molecule has 0 saturated carbocycles. The van der Waals surface area contributed by atoms with Crippen molar-refractivity contribution in [3.05, 3.63) is 29.3 Å². The highest BCUT2D eigenvalue weighted by Crippen LogP contribution is 2.21. The van der Waals surface area contributed by atoms with Gasteiger partial charge in [0, 0.05) is 13.6 Å². The summed E-state index contributed by atoms with van der Waals surface area (Å²) in [4.78, 5) is 8.14. The number of aliphatic hydroxyl groups excluding tert-OH is 1. The Bertz CT molecular complexity index is 507. The lowest BCUT2D eigenvalue weighted by atomic mass is 10.3. The molecule has 0 aliphatic heterocycles. The van der Waals surface area contributed by atoms with Crippen LogP contribution < -0.4 is 0 Å². The molecule has 0 spiro atoms. The first-order valence-electron chi connectivity index (χ1n) is 5.38. The summed E-state index contributed by atoms with van der Waals surface area (Å²) in [6.45, 7) is 2.75. The second kappa shape index (κ2) is 4.85. The Morgan fingerprint density at radius 1 is 1.41 bits per heavy atom. The van der Waals surface area contributed by atoms with Gasteiger partial charge in [-0.05, 0) is 6.42 Å². The topological polar surface area (TPSA) is 68.8 Å². The Balaban J connectivity index is 2.33. The van der Waals surface area contributed by atoms with Crippen molar-refractivity contribution >= 4 is 11.6 Å². The van der Waals surface area contributed by atoms with Crippen LogP contribution in [0.3, 0.4) is 0 Å². The molecule has 2 aromatic heterocycles. The number of aryl methyl sites for hydroxylation is 1. The van der Waals surface area contributed by atoms with E-state index in [1.807, 2.05) is 6.92 Å². The molecule has 6 nitrogen and oxygen atoms in total. The van der Waals surface area contributed by atoms with Crippen molar-refractivity contribution in [2.45, 2.75) is 26.0 Å². The highest BCUT2D eigenvalue weighted by atomic mass is 35.5. The first kappa shape index (κ1) is 12.1. The molecular weight excluding hydrogens is 242 g/mol. The lowest BCUT2D eigenvalue weighted by Gasteiger charge is -2.11. The molecule has 0 aliphatic rings. The molecule has 0 saturated heterocycles. The molecule has 0 radical (unpaired) electrons.